The van der Waals surface area contributed by atoms with Crippen LogP contribution in [0.15, 0.2) is 36.4 Å². The van der Waals surface area contributed by atoms with Gasteiger partial charge in [0.15, 0.2) is 6.04 Å². The summed E-state index contributed by atoms with van der Waals surface area (Å²) in [4.78, 5) is 44.5. The maximum Gasteiger partial charge on any atom is 0.430 e. The lowest BCUT2D eigenvalue weighted by atomic mass is 9.95. The number of carboxylic acids is 3. The van der Waals surface area contributed by atoms with Crippen molar-refractivity contribution in [3.05, 3.63) is 42.0 Å². The summed E-state index contributed by atoms with van der Waals surface area (Å²) < 4.78 is 68.6. The van der Waals surface area contributed by atoms with Crippen molar-refractivity contribution < 1.29 is 76.6 Å². The average Bonchev–Trinajstić information content (AvgIpc) is 3.38. The monoisotopic (exact) mass is 695 g/mol. The lowest BCUT2D eigenvalue weighted by molar-refractivity contribution is -0.596. The number of ether oxygens (including phenoxy) is 1. The van der Waals surface area contributed by atoms with Crippen LogP contribution in [0.1, 0.15) is 24.3 Å². The Morgan fingerprint density at radius 2 is 1.69 bits per heavy atom. The molecule has 6 N–H and O–H groups in total. The molecule has 0 aliphatic carbocycles. The maximum absolute atomic E-state index is 13.2. The molecule has 0 spiro atoms. The lowest BCUT2D eigenvalue weighted by Crippen LogP contribution is -2.97. The molecule has 1 saturated heterocycles. The number of carbonyl (C=O) groups is 4. The molecule has 0 radical (unpaired) electrons. The fourth-order valence-electron chi connectivity index (χ4n) is 3.91. The van der Waals surface area contributed by atoms with Gasteiger partial charge in [0.2, 0.25) is 0 Å². The molecule has 1 amide bonds. The van der Waals surface area contributed by atoms with E-state index in [1.165, 1.54) is 5.32 Å². The second kappa shape index (κ2) is 20.2. The third kappa shape index (κ3) is 16.2. The van der Waals surface area contributed by atoms with Crippen molar-refractivity contribution in [2.45, 2.75) is 49.2 Å². The number of rotatable bonds is 12. The number of methoxy groups -OCH3 is 1. The predicted octanol–water partition coefficient (Wildman–Crippen LogP) is -1.16. The zero-order valence-corrected chi connectivity index (χ0v) is 25.9. The van der Waals surface area contributed by atoms with E-state index >= 15 is 0 Å². The van der Waals surface area contributed by atoms with Crippen LogP contribution in [0.3, 0.4) is 0 Å². The molecule has 4 atom stereocenters. The number of carbonyl (C=O) groups excluding carboxylic acids is 3. The highest BCUT2D eigenvalue weighted by Gasteiger charge is 2.41. The van der Waals surface area contributed by atoms with Crippen molar-refractivity contribution in [2.24, 2.45) is 0 Å². The first-order chi connectivity index (χ1) is 20.8. The Labute approximate surface area is 264 Å². The molecule has 1 aromatic rings. The highest BCUT2D eigenvalue weighted by molar-refractivity contribution is 7.98. The Hall–Kier alpha value is -3.00. The second-order valence-electron chi connectivity index (χ2n) is 9.38. The van der Waals surface area contributed by atoms with E-state index in [1.807, 2.05) is 42.7 Å². The minimum Gasteiger partial charge on any atom is -0.542 e. The van der Waals surface area contributed by atoms with Crippen LogP contribution in [0.5, 0.6) is 5.75 Å². The summed E-state index contributed by atoms with van der Waals surface area (Å²) in [5.74, 6) is -4.75. The summed E-state index contributed by atoms with van der Waals surface area (Å²) in [6.45, 7) is 1.32. The van der Waals surface area contributed by atoms with E-state index in [4.69, 9.17) is 24.5 Å². The number of nitrogens with two attached hydrogens (primary N) is 1. The summed E-state index contributed by atoms with van der Waals surface area (Å²) in [6, 6.07) is 6.89. The number of quaternary nitrogens is 2. The Morgan fingerprint density at radius 3 is 2.13 bits per heavy atom. The molecule has 0 saturated carbocycles. The van der Waals surface area contributed by atoms with Crippen molar-refractivity contribution in [3.8, 4) is 5.75 Å². The first-order valence-electron chi connectivity index (χ1n) is 12.9. The van der Waals surface area contributed by atoms with Crippen molar-refractivity contribution in [1.29, 1.82) is 0 Å². The van der Waals surface area contributed by atoms with Crippen LogP contribution < -0.4 is 26.0 Å². The summed E-state index contributed by atoms with van der Waals surface area (Å²) in [6.07, 6.45) is -3.33. The molecule has 1 fully saturated rings. The van der Waals surface area contributed by atoms with Gasteiger partial charge in [-0.25, -0.2) is 9.59 Å². The molecule has 2 rings (SSSR count). The SMILES string of the molecule is COc1ccccc1[C@H]1C[C@@H](C(=O)[NH2+][C@@H](CCSC)C(=O)O)N(C/C=C/[C@@H]([NH3+])CS)C1.O=C([O-])C(F)(F)F.O=C([O-])C(F)(F)F. The van der Waals surface area contributed by atoms with Crippen molar-refractivity contribution in [1.82, 2.24) is 4.90 Å². The number of para-hydroxylation sites is 1. The molecule has 1 heterocycles. The molecule has 0 bridgehead atoms. The molecule has 1 aromatic carbocycles. The van der Waals surface area contributed by atoms with Crippen molar-refractivity contribution in [3.63, 3.8) is 0 Å². The number of thiol groups is 1. The summed E-state index contributed by atoms with van der Waals surface area (Å²) in [5.41, 5.74) is 5.09. The zero-order chi connectivity index (χ0) is 35.0. The standard InChI is InChI=1S/C22H33N3O4S2.2C2HF3O2/c1-29-20-8-4-3-7-17(20)15-12-19(25(13-15)10-5-6-16(23)14-30)21(26)24-18(22(27)28)9-11-31-2;2*3-2(4,5)1(6)7/h3-8,15-16,18-19,30H,9-14,23H2,1-2H3,(H,24,26)(H,27,28);2*(H,6,7)/b6-5+;;/t15-,16+,18-,19-;;/m0../s1. The quantitative estimate of drug-likeness (QED) is 0.118. The minimum atomic E-state index is -5.19. The highest BCUT2D eigenvalue weighted by atomic mass is 32.2. The number of hydrogen-bond acceptors (Lipinski definition) is 10. The number of benzene rings is 1. The van der Waals surface area contributed by atoms with Crippen LogP contribution in [-0.4, -0.2) is 102 Å². The first-order valence-corrected chi connectivity index (χ1v) is 15.0. The fourth-order valence-corrected chi connectivity index (χ4v) is 4.52. The number of carboxylic acid groups (broad SMARTS) is 3. The molecular formula is C26H35F6N3O8S2. The summed E-state index contributed by atoms with van der Waals surface area (Å²) in [5, 5.41) is 28.5. The molecule has 0 aromatic heterocycles. The van der Waals surface area contributed by atoms with E-state index in [2.05, 4.69) is 23.3 Å². The van der Waals surface area contributed by atoms with Gasteiger partial charge in [-0.2, -0.15) is 50.7 Å². The predicted molar refractivity (Wildman–Crippen MR) is 149 cm³/mol. The van der Waals surface area contributed by atoms with Crippen molar-refractivity contribution >= 4 is 48.2 Å². The number of primary amides is 1. The van der Waals surface area contributed by atoms with Crippen LogP contribution in [0.2, 0.25) is 0 Å². The Kier molecular flexibility index (Phi) is 18.8. The third-order valence-electron chi connectivity index (χ3n) is 6.07. The van der Waals surface area contributed by atoms with Gasteiger partial charge in [-0.05, 0) is 36.1 Å². The van der Waals surface area contributed by atoms with Crippen LogP contribution in [-0.2, 0) is 19.2 Å². The summed E-state index contributed by atoms with van der Waals surface area (Å²) >= 11 is 5.84. The molecule has 11 nitrogen and oxygen atoms in total. The molecule has 45 heavy (non-hydrogen) atoms. The summed E-state index contributed by atoms with van der Waals surface area (Å²) in [7, 11) is 1.65. The average molecular weight is 696 g/mol. The molecule has 256 valence electrons. The van der Waals surface area contributed by atoms with Gasteiger partial charge in [0.1, 0.15) is 29.8 Å². The molecule has 19 heteroatoms. The van der Waals surface area contributed by atoms with Gasteiger partial charge in [-0.15, -0.1) is 0 Å². The Morgan fingerprint density at radius 1 is 1.16 bits per heavy atom. The number of amides is 1. The highest BCUT2D eigenvalue weighted by Crippen LogP contribution is 2.36. The van der Waals surface area contributed by atoms with Gasteiger partial charge >= 0.3 is 24.2 Å². The minimum absolute atomic E-state index is 0.111. The van der Waals surface area contributed by atoms with Gasteiger partial charge < -0.3 is 35.4 Å². The second-order valence-corrected chi connectivity index (χ2v) is 10.7. The van der Waals surface area contributed by atoms with E-state index in [-0.39, 0.29) is 23.9 Å². The van der Waals surface area contributed by atoms with Gasteiger partial charge in [-0.3, -0.25) is 10.2 Å². The normalized spacial score (nSPS) is 18.2. The first kappa shape index (κ1) is 42.0. The maximum atomic E-state index is 13.2. The largest absolute Gasteiger partial charge is 0.542 e. The van der Waals surface area contributed by atoms with Crippen molar-refractivity contribution in [2.75, 3.05) is 38.0 Å². The molecule has 0 unspecified atom stereocenters. The van der Waals surface area contributed by atoms with Crippen LogP contribution in [0.25, 0.3) is 0 Å². The van der Waals surface area contributed by atoms with Gasteiger partial charge in [0.05, 0.1) is 7.11 Å². The number of aliphatic carboxylic acids is 3. The van der Waals surface area contributed by atoms with E-state index in [1.54, 1.807) is 18.9 Å². The Bertz CT molecular complexity index is 1120. The third-order valence-corrected chi connectivity index (χ3v) is 7.18. The molecular weight excluding hydrogens is 660 g/mol. The van der Waals surface area contributed by atoms with Crippen LogP contribution in [0, 0.1) is 0 Å². The fraction of sp³-hybridized carbons (Fsp3) is 0.538. The number of alkyl halides is 6. The topological polar surface area (TPSA) is 191 Å². The molecule has 1 aliphatic heterocycles. The van der Waals surface area contributed by atoms with Gasteiger partial charge in [0.25, 0.3) is 0 Å². The zero-order valence-electron chi connectivity index (χ0n) is 24.2. The smallest absolute Gasteiger partial charge is 0.430 e. The number of halogens is 6. The van der Waals surface area contributed by atoms with Crippen LogP contribution >= 0.6 is 24.4 Å². The number of hydrogen-bond donors (Lipinski definition) is 4. The van der Waals surface area contributed by atoms with E-state index in [0.29, 0.717) is 37.4 Å². The van der Waals surface area contributed by atoms with E-state index < -0.39 is 36.3 Å². The number of likely N-dealkylation sites (tertiary alicyclic amines) is 1. The van der Waals surface area contributed by atoms with Crippen LogP contribution in [0.4, 0.5) is 26.3 Å². The van der Waals surface area contributed by atoms with Gasteiger partial charge in [-0.1, -0.05) is 24.3 Å². The number of nitrogens with zero attached hydrogens (tertiary/aromatic N) is 1. The lowest BCUT2D eigenvalue weighted by Gasteiger charge is -2.21. The molecule has 1 aliphatic rings. The Balaban J connectivity index is 0.00000114. The number of thioether (sulfide) groups is 1. The van der Waals surface area contributed by atoms with Gasteiger partial charge in [0, 0.05) is 31.2 Å². The van der Waals surface area contributed by atoms with E-state index in [0.717, 1.165) is 11.3 Å². The van der Waals surface area contributed by atoms with E-state index in [9.17, 15) is 41.0 Å².